The average molecular weight is 410 g/mol. The molecular formula is C21H29Cl2N3O. The molecule has 0 radical (unpaired) electrons. The largest absolute Gasteiger partial charge is 0.352 e. The van der Waals surface area contributed by atoms with Crippen molar-refractivity contribution in [1.29, 1.82) is 0 Å². The smallest absolute Gasteiger partial charge is 0.244 e. The molecule has 1 fully saturated rings. The monoisotopic (exact) mass is 409 g/mol. The Balaban J connectivity index is 0.00000182. The van der Waals surface area contributed by atoms with E-state index in [-0.39, 0.29) is 36.8 Å². The van der Waals surface area contributed by atoms with Crippen molar-refractivity contribution in [2.75, 3.05) is 19.6 Å². The van der Waals surface area contributed by atoms with E-state index >= 15 is 0 Å². The Morgan fingerprint density at radius 1 is 1.04 bits per heavy atom. The van der Waals surface area contributed by atoms with Gasteiger partial charge in [0, 0.05) is 6.54 Å². The van der Waals surface area contributed by atoms with Gasteiger partial charge in [-0.05, 0) is 44.0 Å². The molecule has 1 aliphatic rings. The summed E-state index contributed by atoms with van der Waals surface area (Å²) in [5, 5.41) is 3.09. The molecule has 0 aliphatic carbocycles. The third-order valence-electron chi connectivity index (χ3n) is 5.07. The van der Waals surface area contributed by atoms with Crippen molar-refractivity contribution in [3.05, 3.63) is 71.8 Å². The number of halogens is 2. The van der Waals surface area contributed by atoms with Gasteiger partial charge in [0.05, 0.1) is 6.04 Å². The number of nitrogens with zero attached hydrogens (tertiary/aromatic N) is 1. The molecule has 3 rings (SSSR count). The minimum atomic E-state index is -1.03. The predicted molar refractivity (Wildman–Crippen MR) is 115 cm³/mol. The van der Waals surface area contributed by atoms with Crippen LogP contribution in [0.15, 0.2) is 60.7 Å². The van der Waals surface area contributed by atoms with Gasteiger partial charge in [-0.15, -0.1) is 24.8 Å². The molecule has 6 heteroatoms. The van der Waals surface area contributed by atoms with Crippen LogP contribution in [0.4, 0.5) is 0 Å². The van der Waals surface area contributed by atoms with Crippen molar-refractivity contribution in [3.63, 3.8) is 0 Å². The molecule has 2 unspecified atom stereocenters. The van der Waals surface area contributed by atoms with Crippen molar-refractivity contribution < 1.29 is 4.79 Å². The molecule has 4 nitrogen and oxygen atoms in total. The molecule has 2 aromatic carbocycles. The van der Waals surface area contributed by atoms with E-state index in [1.165, 1.54) is 18.4 Å². The highest BCUT2D eigenvalue weighted by Crippen LogP contribution is 2.25. The zero-order chi connectivity index (χ0) is 17.7. The van der Waals surface area contributed by atoms with Gasteiger partial charge in [-0.2, -0.15) is 0 Å². The molecule has 0 spiro atoms. The standard InChI is InChI=1S/C21H27N3O.2ClH/c1-21(22,18-12-6-3-7-13-18)20(25)23-16-19(24-14-8-9-15-24)17-10-4-2-5-11-17;;/h2-7,10-13,19H,8-9,14-16,22H2,1H3,(H,23,25);2*1H. The number of rotatable bonds is 6. The van der Waals surface area contributed by atoms with Gasteiger partial charge in [-0.25, -0.2) is 0 Å². The molecule has 2 aromatic rings. The molecule has 1 amide bonds. The Morgan fingerprint density at radius 2 is 1.56 bits per heavy atom. The molecule has 1 saturated heterocycles. The first-order chi connectivity index (χ1) is 12.1. The fourth-order valence-electron chi connectivity index (χ4n) is 3.47. The molecule has 1 heterocycles. The Hall–Kier alpha value is -1.59. The first-order valence-corrected chi connectivity index (χ1v) is 9.01. The Bertz CT molecular complexity index is 689. The second kappa shape index (κ2) is 10.7. The molecular weight excluding hydrogens is 381 g/mol. The highest BCUT2D eigenvalue weighted by atomic mass is 35.5. The molecule has 1 aliphatic heterocycles. The molecule has 0 bridgehead atoms. The fraction of sp³-hybridized carbons (Fsp3) is 0.381. The summed E-state index contributed by atoms with van der Waals surface area (Å²) in [5.74, 6) is -0.140. The van der Waals surface area contributed by atoms with Crippen LogP contribution in [0.25, 0.3) is 0 Å². The maximum atomic E-state index is 12.8. The number of carbonyl (C=O) groups excluding carboxylic acids is 1. The predicted octanol–water partition coefficient (Wildman–Crippen LogP) is 3.66. The summed E-state index contributed by atoms with van der Waals surface area (Å²) in [5.41, 5.74) is 7.36. The third-order valence-corrected chi connectivity index (χ3v) is 5.07. The summed E-state index contributed by atoms with van der Waals surface area (Å²) in [7, 11) is 0. The number of benzene rings is 2. The fourth-order valence-corrected chi connectivity index (χ4v) is 3.47. The lowest BCUT2D eigenvalue weighted by molar-refractivity contribution is -0.126. The van der Waals surface area contributed by atoms with Crippen LogP contribution >= 0.6 is 24.8 Å². The van der Waals surface area contributed by atoms with Gasteiger partial charge in [0.1, 0.15) is 5.54 Å². The van der Waals surface area contributed by atoms with E-state index in [0.717, 1.165) is 18.7 Å². The van der Waals surface area contributed by atoms with Gasteiger partial charge in [-0.3, -0.25) is 9.69 Å². The quantitative estimate of drug-likeness (QED) is 0.764. The van der Waals surface area contributed by atoms with Crippen LogP contribution in [0.2, 0.25) is 0 Å². The number of likely N-dealkylation sites (tertiary alicyclic amines) is 1. The van der Waals surface area contributed by atoms with E-state index < -0.39 is 5.54 Å². The number of nitrogens with two attached hydrogens (primary N) is 1. The number of hydrogen-bond donors (Lipinski definition) is 2. The van der Waals surface area contributed by atoms with Crippen molar-refractivity contribution in [3.8, 4) is 0 Å². The van der Waals surface area contributed by atoms with Gasteiger partial charge < -0.3 is 11.1 Å². The van der Waals surface area contributed by atoms with Crippen LogP contribution in [0, 0.1) is 0 Å². The average Bonchev–Trinajstić information content (AvgIpc) is 3.18. The first kappa shape index (κ1) is 23.4. The zero-order valence-corrected chi connectivity index (χ0v) is 17.3. The zero-order valence-electron chi connectivity index (χ0n) is 15.6. The lowest BCUT2D eigenvalue weighted by atomic mass is 9.92. The molecule has 3 N–H and O–H groups in total. The third kappa shape index (κ3) is 5.69. The van der Waals surface area contributed by atoms with E-state index in [4.69, 9.17) is 5.73 Å². The van der Waals surface area contributed by atoms with E-state index in [1.807, 2.05) is 36.4 Å². The molecule has 0 aromatic heterocycles. The van der Waals surface area contributed by atoms with Crippen molar-refractivity contribution in [1.82, 2.24) is 10.2 Å². The summed E-state index contributed by atoms with van der Waals surface area (Å²) in [6, 6.07) is 20.1. The number of carbonyl (C=O) groups is 1. The van der Waals surface area contributed by atoms with Gasteiger partial charge in [-0.1, -0.05) is 60.7 Å². The van der Waals surface area contributed by atoms with Gasteiger partial charge >= 0.3 is 0 Å². The highest BCUT2D eigenvalue weighted by molar-refractivity contribution is 5.87. The maximum absolute atomic E-state index is 12.8. The number of hydrogen-bond acceptors (Lipinski definition) is 3. The summed E-state index contributed by atoms with van der Waals surface area (Å²) < 4.78 is 0. The van der Waals surface area contributed by atoms with E-state index in [2.05, 4.69) is 34.5 Å². The second-order valence-electron chi connectivity index (χ2n) is 6.95. The van der Waals surface area contributed by atoms with Gasteiger partial charge in [0.15, 0.2) is 0 Å². The molecule has 0 saturated carbocycles. The second-order valence-corrected chi connectivity index (χ2v) is 6.95. The normalized spacial score (nSPS) is 17.1. The van der Waals surface area contributed by atoms with Crippen LogP contribution in [-0.4, -0.2) is 30.4 Å². The summed E-state index contributed by atoms with van der Waals surface area (Å²) in [6.07, 6.45) is 2.44. The van der Waals surface area contributed by atoms with Crippen LogP contribution in [0.5, 0.6) is 0 Å². The van der Waals surface area contributed by atoms with E-state index in [9.17, 15) is 4.79 Å². The Morgan fingerprint density at radius 3 is 2.11 bits per heavy atom. The minimum Gasteiger partial charge on any atom is -0.352 e. The number of nitrogens with one attached hydrogen (secondary N) is 1. The van der Waals surface area contributed by atoms with Gasteiger partial charge in [0.25, 0.3) is 0 Å². The Kier molecular flexibility index (Phi) is 9.27. The van der Waals surface area contributed by atoms with Crippen molar-refractivity contribution >= 4 is 30.7 Å². The topological polar surface area (TPSA) is 58.4 Å². The first-order valence-electron chi connectivity index (χ1n) is 9.01. The SMILES string of the molecule is CC(N)(C(=O)NCC(c1ccccc1)N1CCCC1)c1ccccc1.Cl.Cl. The van der Waals surface area contributed by atoms with Crippen molar-refractivity contribution in [2.45, 2.75) is 31.3 Å². The van der Waals surface area contributed by atoms with Crippen LogP contribution in [0.3, 0.4) is 0 Å². The van der Waals surface area contributed by atoms with Crippen LogP contribution in [-0.2, 0) is 10.3 Å². The van der Waals surface area contributed by atoms with Crippen molar-refractivity contribution in [2.24, 2.45) is 5.73 Å². The Labute approximate surface area is 174 Å². The maximum Gasteiger partial charge on any atom is 0.244 e. The van der Waals surface area contributed by atoms with E-state index in [1.54, 1.807) is 6.92 Å². The summed E-state index contributed by atoms with van der Waals surface area (Å²) in [6.45, 7) is 4.50. The molecule has 148 valence electrons. The number of amides is 1. The lowest BCUT2D eigenvalue weighted by Gasteiger charge is -2.30. The van der Waals surface area contributed by atoms with E-state index in [0.29, 0.717) is 6.54 Å². The molecule has 2 atom stereocenters. The van der Waals surface area contributed by atoms with Gasteiger partial charge in [0.2, 0.25) is 5.91 Å². The highest BCUT2D eigenvalue weighted by Gasteiger charge is 2.31. The van der Waals surface area contributed by atoms with Crippen LogP contribution in [0.1, 0.15) is 36.9 Å². The summed E-state index contributed by atoms with van der Waals surface area (Å²) in [4.78, 5) is 15.2. The van der Waals surface area contributed by atoms with Crippen LogP contribution < -0.4 is 11.1 Å². The summed E-state index contributed by atoms with van der Waals surface area (Å²) >= 11 is 0. The minimum absolute atomic E-state index is 0. The lowest BCUT2D eigenvalue weighted by Crippen LogP contribution is -2.50. The molecule has 27 heavy (non-hydrogen) atoms.